The molecule has 10 heteroatoms. The number of hydrogen-bond donors (Lipinski definition) is 1. The van der Waals surface area contributed by atoms with Crippen molar-refractivity contribution in [3.63, 3.8) is 0 Å². The van der Waals surface area contributed by atoms with E-state index in [1.165, 1.54) is 14.0 Å². The predicted molar refractivity (Wildman–Crippen MR) is 58.0 cm³/mol. The van der Waals surface area contributed by atoms with Crippen LogP contribution in [0.3, 0.4) is 0 Å². The summed E-state index contributed by atoms with van der Waals surface area (Å²) in [7, 11) is 1.21. The van der Waals surface area contributed by atoms with Gasteiger partial charge in [0.15, 0.2) is 6.04 Å². The Morgan fingerprint density at radius 2 is 2.11 bits per heavy atom. The molecule has 2 amide bonds. The van der Waals surface area contributed by atoms with Crippen LogP contribution in [0.1, 0.15) is 19.8 Å². The van der Waals surface area contributed by atoms with Crippen molar-refractivity contribution >= 4 is 17.8 Å². The van der Waals surface area contributed by atoms with Crippen molar-refractivity contribution in [2.24, 2.45) is 5.28 Å². The lowest BCUT2D eigenvalue weighted by Gasteiger charge is -2.17. The summed E-state index contributed by atoms with van der Waals surface area (Å²) in [6, 6.07) is -1.10. The van der Waals surface area contributed by atoms with Crippen LogP contribution in [0.25, 0.3) is 0 Å². The minimum absolute atomic E-state index is 0.0657. The molecule has 1 saturated heterocycles. The van der Waals surface area contributed by atoms with E-state index in [4.69, 9.17) is 5.11 Å². The van der Waals surface area contributed by atoms with E-state index in [9.17, 15) is 19.6 Å². The second-order valence-corrected chi connectivity index (χ2v) is 3.90. The van der Waals surface area contributed by atoms with Crippen LogP contribution in [0.4, 0.5) is 0 Å². The Hall–Kier alpha value is -2.39. The van der Waals surface area contributed by atoms with Crippen LogP contribution in [0.5, 0.6) is 0 Å². The molecule has 1 rings (SSSR count). The molecule has 1 fully saturated rings. The van der Waals surface area contributed by atoms with Crippen LogP contribution in [0.2, 0.25) is 0 Å². The molecule has 0 unspecified atom stereocenters. The highest BCUT2D eigenvalue weighted by molar-refractivity contribution is 6.01. The average Bonchev–Trinajstić information content (AvgIpc) is 2.68. The summed E-state index contributed by atoms with van der Waals surface area (Å²) < 4.78 is 0. The van der Waals surface area contributed by atoms with Gasteiger partial charge in [0.1, 0.15) is 0 Å². The van der Waals surface area contributed by atoms with Gasteiger partial charge in [-0.25, -0.2) is 9.69 Å². The lowest BCUT2D eigenvalue weighted by molar-refractivity contribution is -0.710. The van der Waals surface area contributed by atoms with Gasteiger partial charge in [-0.15, -0.1) is 5.01 Å². The van der Waals surface area contributed by atoms with E-state index in [-0.39, 0.29) is 17.8 Å². The number of likely N-dealkylation sites (tertiary alicyclic amines) is 1. The monoisotopic (exact) mass is 274 g/mol. The first-order chi connectivity index (χ1) is 8.84. The van der Waals surface area contributed by atoms with Gasteiger partial charge in [-0.3, -0.25) is 9.59 Å². The molecule has 1 heterocycles. The normalized spacial score (nSPS) is 17.6. The van der Waals surface area contributed by atoms with Crippen molar-refractivity contribution in [3.8, 4) is 0 Å². The number of carboxylic acids is 1. The second-order valence-electron chi connectivity index (χ2n) is 3.90. The summed E-state index contributed by atoms with van der Waals surface area (Å²) in [5.41, 5.74) is 0. The van der Waals surface area contributed by atoms with Gasteiger partial charge in [0.25, 0.3) is 0 Å². The minimum atomic E-state index is -1.21. The third-order valence-electron chi connectivity index (χ3n) is 2.66. The molecule has 10 nitrogen and oxygen atoms in total. The average molecular weight is 274 g/mol. The Kier molecular flexibility index (Phi) is 4.62. The Balaban J connectivity index is 2.50. The Bertz CT molecular complexity index is 407. The molecular weight excluding hydrogens is 260 g/mol. The molecule has 0 aromatic heterocycles. The van der Waals surface area contributed by atoms with E-state index < -0.39 is 30.6 Å². The maximum absolute atomic E-state index is 11.3. The highest BCUT2D eigenvalue weighted by Gasteiger charge is 2.29. The number of hydrazine groups is 1. The van der Waals surface area contributed by atoms with Crippen molar-refractivity contribution in [1.29, 1.82) is 0 Å². The van der Waals surface area contributed by atoms with Crippen LogP contribution in [-0.4, -0.2) is 57.6 Å². The molecule has 106 valence electrons. The maximum Gasteiger partial charge on any atom is 0.331 e. The van der Waals surface area contributed by atoms with Gasteiger partial charge < -0.3 is 15.2 Å². The van der Waals surface area contributed by atoms with Gasteiger partial charge >= 0.3 is 5.97 Å². The zero-order chi connectivity index (χ0) is 14.6. The molecule has 1 N–H and O–H groups in total. The molecule has 1 atom stereocenters. The fraction of sp³-hybridized carbons (Fsp3) is 0.667. The number of likely N-dealkylation sites (N-methyl/N-ethyl adjacent to an activating group) is 1. The largest absolute Gasteiger partial charge is 0.569 e. The van der Waals surface area contributed by atoms with Gasteiger partial charge in [-0.2, -0.15) is 0 Å². The molecule has 0 aromatic rings. The topological polar surface area (TPSA) is 126 Å². The quantitative estimate of drug-likeness (QED) is 0.294. The Labute approximate surface area is 108 Å². The first-order valence-electron chi connectivity index (χ1n) is 5.43. The van der Waals surface area contributed by atoms with Crippen LogP contribution >= 0.6 is 0 Å². The lowest BCUT2D eigenvalue weighted by atomic mass is 10.3. The lowest BCUT2D eigenvalue weighted by Crippen LogP contribution is -2.40. The highest BCUT2D eigenvalue weighted by atomic mass is 16.7. The number of rotatable bonds is 6. The van der Waals surface area contributed by atoms with Gasteiger partial charge in [-0.05, 0) is 6.92 Å². The first-order valence-corrected chi connectivity index (χ1v) is 5.43. The molecule has 0 aliphatic carbocycles. The number of nitrogens with zero attached hydrogens (tertiary/aromatic N) is 4. The van der Waals surface area contributed by atoms with Gasteiger partial charge in [0, 0.05) is 12.8 Å². The Morgan fingerprint density at radius 1 is 1.58 bits per heavy atom. The number of carbonyl (C=O) groups excluding carboxylic acids is 2. The summed E-state index contributed by atoms with van der Waals surface area (Å²) in [4.78, 5) is 38.3. The summed E-state index contributed by atoms with van der Waals surface area (Å²) in [5.74, 6) is -2.00. The number of carboxylic acid groups (broad SMARTS) is 1. The van der Waals surface area contributed by atoms with E-state index in [1.807, 2.05) is 0 Å². The molecule has 19 heavy (non-hydrogen) atoms. The third kappa shape index (κ3) is 3.53. The molecule has 0 bridgehead atoms. The van der Waals surface area contributed by atoms with Gasteiger partial charge in [-0.1, -0.05) is 0 Å². The molecule has 1 aliphatic rings. The van der Waals surface area contributed by atoms with Crippen LogP contribution in [0.15, 0.2) is 5.28 Å². The van der Waals surface area contributed by atoms with Crippen molar-refractivity contribution < 1.29 is 29.3 Å². The predicted octanol–water partition coefficient (Wildman–Crippen LogP) is -0.693. The summed E-state index contributed by atoms with van der Waals surface area (Å²) >= 11 is 0. The van der Waals surface area contributed by atoms with E-state index in [0.717, 1.165) is 9.91 Å². The number of imide groups is 1. The standard InChI is InChI=1S/C9H14N4O6/c1-6(9(16)17)11(2)13(18)10-19-5-12-7(14)3-4-8(12)15/h6H,3-5H2,1-2H3,(H,16,17)/b13-10+/t6-/m0/s1. The van der Waals surface area contributed by atoms with E-state index >= 15 is 0 Å². The molecule has 0 aromatic carbocycles. The summed E-state index contributed by atoms with van der Waals surface area (Å²) in [5, 5.41) is 23.8. The smallest absolute Gasteiger partial charge is 0.331 e. The van der Waals surface area contributed by atoms with Crippen LogP contribution < -0.4 is 0 Å². The number of aliphatic carboxylic acids is 1. The third-order valence-corrected chi connectivity index (χ3v) is 2.66. The van der Waals surface area contributed by atoms with Gasteiger partial charge in [0.05, 0.1) is 12.0 Å². The number of hydrogen-bond acceptors (Lipinski definition) is 6. The van der Waals surface area contributed by atoms with Crippen molar-refractivity contribution in [2.75, 3.05) is 13.8 Å². The van der Waals surface area contributed by atoms with Gasteiger partial charge in [0.2, 0.25) is 23.8 Å². The van der Waals surface area contributed by atoms with Crippen molar-refractivity contribution in [2.45, 2.75) is 25.8 Å². The second kappa shape index (κ2) is 5.98. The van der Waals surface area contributed by atoms with E-state index in [0.29, 0.717) is 0 Å². The minimum Gasteiger partial charge on any atom is -0.569 e. The fourth-order valence-electron chi connectivity index (χ4n) is 1.27. The molecule has 0 radical (unpaired) electrons. The maximum atomic E-state index is 11.3. The van der Waals surface area contributed by atoms with Crippen LogP contribution in [0, 0.1) is 5.21 Å². The number of carbonyl (C=O) groups is 3. The van der Waals surface area contributed by atoms with E-state index in [1.54, 1.807) is 0 Å². The molecule has 0 spiro atoms. The Morgan fingerprint density at radius 3 is 2.58 bits per heavy atom. The molecule has 1 aliphatic heterocycles. The first kappa shape index (κ1) is 14.7. The highest BCUT2D eigenvalue weighted by Crippen LogP contribution is 2.11. The number of amides is 2. The fourth-order valence-corrected chi connectivity index (χ4v) is 1.27. The molecule has 0 saturated carbocycles. The summed E-state index contributed by atoms with van der Waals surface area (Å²) in [6.45, 7) is 0.821. The zero-order valence-corrected chi connectivity index (χ0v) is 10.5. The van der Waals surface area contributed by atoms with Crippen molar-refractivity contribution in [3.05, 3.63) is 5.21 Å². The SMILES string of the molecule is C[C@@H](C(=O)O)N(C)/[N+]([O-])=N\OCN1C(=O)CCC1=O. The molecular formula is C9H14N4O6. The van der Waals surface area contributed by atoms with E-state index in [2.05, 4.69) is 10.1 Å². The van der Waals surface area contributed by atoms with Crippen LogP contribution in [-0.2, 0) is 19.2 Å². The summed E-state index contributed by atoms with van der Waals surface area (Å²) in [6.07, 6.45) is 0.221. The zero-order valence-electron chi connectivity index (χ0n) is 10.5. The van der Waals surface area contributed by atoms with Crippen molar-refractivity contribution in [1.82, 2.24) is 9.91 Å².